The molecule has 0 atom stereocenters. The first kappa shape index (κ1) is 12.0. The predicted octanol–water partition coefficient (Wildman–Crippen LogP) is 3.06. The van der Waals surface area contributed by atoms with E-state index in [4.69, 9.17) is 17.3 Å². The molecule has 0 saturated heterocycles. The molecule has 0 aliphatic rings. The third-order valence-electron chi connectivity index (χ3n) is 2.69. The SMILES string of the molecule is Cc1nn(CCCc2cccc(N)c2)cc1Cl. The highest BCUT2D eigenvalue weighted by atomic mass is 35.5. The molecule has 0 fully saturated rings. The average Bonchev–Trinajstić information content (AvgIpc) is 2.58. The van der Waals surface area contributed by atoms with Crippen LogP contribution in [0, 0.1) is 6.92 Å². The highest BCUT2D eigenvalue weighted by Gasteiger charge is 2.01. The molecule has 1 heterocycles. The van der Waals surface area contributed by atoms with E-state index >= 15 is 0 Å². The fourth-order valence-electron chi connectivity index (χ4n) is 1.80. The van der Waals surface area contributed by atoms with Crippen LogP contribution in [0.25, 0.3) is 0 Å². The van der Waals surface area contributed by atoms with Gasteiger partial charge in [0.25, 0.3) is 0 Å². The van der Waals surface area contributed by atoms with Gasteiger partial charge in [0.1, 0.15) is 0 Å². The minimum absolute atomic E-state index is 0.731. The van der Waals surface area contributed by atoms with Gasteiger partial charge in [-0.1, -0.05) is 23.7 Å². The number of rotatable bonds is 4. The standard InChI is InChI=1S/C13H16ClN3/c1-10-13(14)9-17(16-10)7-3-5-11-4-2-6-12(15)8-11/h2,4,6,8-9H,3,5,7,15H2,1H3. The lowest BCUT2D eigenvalue weighted by molar-refractivity contribution is 0.575. The Morgan fingerprint density at radius 2 is 2.24 bits per heavy atom. The Bertz CT molecular complexity index is 486. The number of hydrogen-bond donors (Lipinski definition) is 1. The molecular weight excluding hydrogens is 234 g/mol. The normalized spacial score (nSPS) is 10.7. The molecule has 1 aromatic carbocycles. The molecule has 0 saturated carbocycles. The monoisotopic (exact) mass is 249 g/mol. The summed E-state index contributed by atoms with van der Waals surface area (Å²) < 4.78 is 1.89. The van der Waals surface area contributed by atoms with Crippen molar-refractivity contribution in [3.05, 3.63) is 46.7 Å². The van der Waals surface area contributed by atoms with E-state index in [0.29, 0.717) is 0 Å². The second kappa shape index (κ2) is 5.23. The molecule has 90 valence electrons. The molecule has 17 heavy (non-hydrogen) atoms. The number of halogens is 1. The number of anilines is 1. The lowest BCUT2D eigenvalue weighted by Crippen LogP contribution is -2.00. The first-order valence-corrected chi connectivity index (χ1v) is 6.07. The van der Waals surface area contributed by atoms with Gasteiger partial charge in [0.05, 0.1) is 10.7 Å². The molecule has 2 N–H and O–H groups in total. The molecule has 0 aliphatic carbocycles. The quantitative estimate of drug-likeness (QED) is 0.847. The Morgan fingerprint density at radius 3 is 2.88 bits per heavy atom. The van der Waals surface area contributed by atoms with E-state index in [0.717, 1.165) is 35.8 Å². The molecule has 0 unspecified atom stereocenters. The van der Waals surface area contributed by atoms with Crippen molar-refractivity contribution >= 4 is 17.3 Å². The molecule has 1 aromatic heterocycles. The first-order chi connectivity index (χ1) is 8.15. The van der Waals surface area contributed by atoms with Gasteiger partial charge in [-0.05, 0) is 37.5 Å². The highest BCUT2D eigenvalue weighted by molar-refractivity contribution is 6.31. The number of nitrogens with zero attached hydrogens (tertiary/aromatic N) is 2. The summed E-state index contributed by atoms with van der Waals surface area (Å²) in [6.07, 6.45) is 3.90. The van der Waals surface area contributed by atoms with E-state index in [1.54, 1.807) is 0 Å². The Kier molecular flexibility index (Phi) is 3.69. The summed E-state index contributed by atoms with van der Waals surface area (Å²) >= 11 is 5.95. The number of benzene rings is 1. The zero-order valence-corrected chi connectivity index (χ0v) is 10.6. The van der Waals surface area contributed by atoms with Crippen molar-refractivity contribution in [2.75, 3.05) is 5.73 Å². The van der Waals surface area contributed by atoms with Crippen LogP contribution in [-0.2, 0) is 13.0 Å². The number of hydrogen-bond acceptors (Lipinski definition) is 2. The number of aryl methyl sites for hydroxylation is 3. The van der Waals surface area contributed by atoms with E-state index in [-0.39, 0.29) is 0 Å². The van der Waals surface area contributed by atoms with Crippen LogP contribution in [0.15, 0.2) is 30.5 Å². The molecule has 0 radical (unpaired) electrons. The molecule has 0 spiro atoms. The second-order valence-corrected chi connectivity index (χ2v) is 4.58. The van der Waals surface area contributed by atoms with Gasteiger partial charge < -0.3 is 5.73 Å². The van der Waals surface area contributed by atoms with Crippen LogP contribution >= 0.6 is 11.6 Å². The molecule has 3 nitrogen and oxygen atoms in total. The van der Waals surface area contributed by atoms with Gasteiger partial charge in [-0.15, -0.1) is 0 Å². The van der Waals surface area contributed by atoms with Gasteiger partial charge in [0, 0.05) is 18.4 Å². The third kappa shape index (κ3) is 3.24. The summed E-state index contributed by atoms with van der Waals surface area (Å²) in [4.78, 5) is 0. The minimum atomic E-state index is 0.731. The van der Waals surface area contributed by atoms with Gasteiger partial charge in [-0.3, -0.25) is 4.68 Å². The highest BCUT2D eigenvalue weighted by Crippen LogP contribution is 2.13. The summed E-state index contributed by atoms with van der Waals surface area (Å²) in [6.45, 7) is 2.79. The Labute approximate surface area is 106 Å². The number of nitrogen functional groups attached to an aromatic ring is 1. The van der Waals surface area contributed by atoms with E-state index in [9.17, 15) is 0 Å². The molecule has 4 heteroatoms. The van der Waals surface area contributed by atoms with Crippen molar-refractivity contribution in [3.63, 3.8) is 0 Å². The van der Waals surface area contributed by atoms with Crippen molar-refractivity contribution in [2.24, 2.45) is 0 Å². The summed E-state index contributed by atoms with van der Waals surface area (Å²) in [6, 6.07) is 8.00. The van der Waals surface area contributed by atoms with E-state index in [1.807, 2.05) is 36.0 Å². The van der Waals surface area contributed by atoms with Gasteiger partial charge in [-0.25, -0.2) is 0 Å². The van der Waals surface area contributed by atoms with Crippen LogP contribution in [0.5, 0.6) is 0 Å². The van der Waals surface area contributed by atoms with Crippen molar-refractivity contribution in [1.29, 1.82) is 0 Å². The van der Waals surface area contributed by atoms with E-state index in [2.05, 4.69) is 11.2 Å². The first-order valence-electron chi connectivity index (χ1n) is 5.69. The van der Waals surface area contributed by atoms with Crippen LogP contribution < -0.4 is 5.73 Å². The van der Waals surface area contributed by atoms with Crippen molar-refractivity contribution in [3.8, 4) is 0 Å². The smallest absolute Gasteiger partial charge is 0.0814 e. The van der Waals surface area contributed by atoms with Crippen molar-refractivity contribution in [1.82, 2.24) is 9.78 Å². The fraction of sp³-hybridized carbons (Fsp3) is 0.308. The lowest BCUT2D eigenvalue weighted by Gasteiger charge is -2.03. The van der Waals surface area contributed by atoms with Crippen molar-refractivity contribution < 1.29 is 0 Å². The maximum Gasteiger partial charge on any atom is 0.0814 e. The van der Waals surface area contributed by atoms with Crippen LogP contribution in [0.3, 0.4) is 0 Å². The summed E-state index contributed by atoms with van der Waals surface area (Å²) in [5, 5.41) is 5.05. The van der Waals surface area contributed by atoms with E-state index < -0.39 is 0 Å². The van der Waals surface area contributed by atoms with Gasteiger partial charge in [-0.2, -0.15) is 5.10 Å². The van der Waals surface area contributed by atoms with Crippen LogP contribution in [0.4, 0.5) is 5.69 Å². The van der Waals surface area contributed by atoms with Gasteiger partial charge in [0.2, 0.25) is 0 Å². The Balaban J connectivity index is 1.87. The zero-order valence-electron chi connectivity index (χ0n) is 9.86. The number of aromatic nitrogens is 2. The second-order valence-electron chi connectivity index (χ2n) is 4.17. The molecule has 2 aromatic rings. The van der Waals surface area contributed by atoms with Crippen LogP contribution in [0.2, 0.25) is 5.02 Å². The zero-order chi connectivity index (χ0) is 12.3. The van der Waals surface area contributed by atoms with Crippen LogP contribution in [-0.4, -0.2) is 9.78 Å². The topological polar surface area (TPSA) is 43.8 Å². The average molecular weight is 250 g/mol. The molecule has 2 rings (SSSR count). The lowest BCUT2D eigenvalue weighted by atomic mass is 10.1. The molecule has 0 aliphatic heterocycles. The maximum atomic E-state index is 5.95. The van der Waals surface area contributed by atoms with Gasteiger partial charge in [0.15, 0.2) is 0 Å². The third-order valence-corrected chi connectivity index (χ3v) is 3.06. The number of nitrogens with two attached hydrogens (primary N) is 1. The van der Waals surface area contributed by atoms with Crippen LogP contribution in [0.1, 0.15) is 17.7 Å². The minimum Gasteiger partial charge on any atom is -0.399 e. The maximum absolute atomic E-state index is 5.95. The van der Waals surface area contributed by atoms with Crippen molar-refractivity contribution in [2.45, 2.75) is 26.3 Å². The summed E-state index contributed by atoms with van der Waals surface area (Å²) in [5.41, 5.74) is 8.70. The predicted molar refractivity (Wildman–Crippen MR) is 71.1 cm³/mol. The van der Waals surface area contributed by atoms with Gasteiger partial charge >= 0.3 is 0 Å². The molecular formula is C13H16ClN3. The summed E-state index contributed by atoms with van der Waals surface area (Å²) in [7, 11) is 0. The Hall–Kier alpha value is -1.48. The molecule has 0 bridgehead atoms. The summed E-state index contributed by atoms with van der Waals surface area (Å²) in [5.74, 6) is 0. The Morgan fingerprint density at radius 1 is 1.41 bits per heavy atom. The largest absolute Gasteiger partial charge is 0.399 e. The molecule has 0 amide bonds. The fourth-order valence-corrected chi connectivity index (χ4v) is 1.95. The van der Waals surface area contributed by atoms with E-state index in [1.165, 1.54) is 5.56 Å².